The van der Waals surface area contributed by atoms with Gasteiger partial charge in [0.2, 0.25) is 0 Å². The number of halogens is 2. The van der Waals surface area contributed by atoms with E-state index in [-0.39, 0.29) is 0 Å². The second kappa shape index (κ2) is 3.79. The Balaban J connectivity index is 2.05. The van der Waals surface area contributed by atoms with E-state index in [1.807, 2.05) is 19.1 Å². The molecule has 2 nitrogen and oxygen atoms in total. The van der Waals surface area contributed by atoms with Crippen LogP contribution in [0.15, 0.2) is 28.7 Å². The minimum absolute atomic E-state index is 0.303. The third-order valence-corrected chi connectivity index (χ3v) is 3.73. The number of rotatable bonds is 3. The molecule has 1 aromatic heterocycles. The monoisotopic (exact) mass is 251 g/mol. The Bertz CT molecular complexity index is 590. The van der Waals surface area contributed by atoms with Crippen LogP contribution in [0.1, 0.15) is 23.7 Å². The van der Waals surface area contributed by atoms with Crippen molar-refractivity contribution in [3.05, 3.63) is 35.6 Å². The minimum atomic E-state index is -2.63. The van der Waals surface area contributed by atoms with Gasteiger partial charge in [0.05, 0.1) is 5.92 Å². The number of hydrogen-bond acceptors (Lipinski definition) is 2. The largest absolute Gasteiger partial charge is 0.461 e. The number of fused-ring (bicyclic) bond motifs is 1. The lowest BCUT2D eigenvalue weighted by Crippen LogP contribution is -2.03. The Morgan fingerprint density at radius 1 is 1.39 bits per heavy atom. The summed E-state index contributed by atoms with van der Waals surface area (Å²) in [7, 11) is 0. The molecule has 1 aliphatic rings. The highest BCUT2D eigenvalue weighted by molar-refractivity contribution is 5.83. The molecule has 0 aliphatic heterocycles. The Hall–Kier alpha value is -1.42. The van der Waals surface area contributed by atoms with E-state index in [0.29, 0.717) is 24.1 Å². The van der Waals surface area contributed by atoms with Crippen molar-refractivity contribution in [2.75, 3.05) is 6.54 Å². The van der Waals surface area contributed by atoms with Gasteiger partial charge in [0.15, 0.2) is 0 Å². The fourth-order valence-electron chi connectivity index (χ4n) is 2.83. The summed E-state index contributed by atoms with van der Waals surface area (Å²) in [6.45, 7) is 2.13. The highest BCUT2D eigenvalue weighted by atomic mass is 19.3. The molecule has 1 saturated carbocycles. The van der Waals surface area contributed by atoms with E-state index in [9.17, 15) is 8.78 Å². The van der Waals surface area contributed by atoms with Gasteiger partial charge in [0.25, 0.3) is 5.92 Å². The molecule has 2 atom stereocenters. The number of furan rings is 1. The lowest BCUT2D eigenvalue weighted by atomic mass is 10.0. The predicted octanol–water partition coefficient (Wildman–Crippen LogP) is 3.44. The number of nitrogens with two attached hydrogens (primary N) is 1. The fraction of sp³-hybridized carbons (Fsp3) is 0.429. The van der Waals surface area contributed by atoms with E-state index in [2.05, 4.69) is 0 Å². The summed E-state index contributed by atoms with van der Waals surface area (Å²) in [5.74, 6) is -3.21. The number of hydrogen-bond donors (Lipinski definition) is 1. The van der Waals surface area contributed by atoms with Gasteiger partial charge in [-0.25, -0.2) is 8.78 Å². The van der Waals surface area contributed by atoms with Gasteiger partial charge in [-0.05, 0) is 37.6 Å². The molecule has 0 radical (unpaired) electrons. The zero-order chi connectivity index (χ0) is 12.9. The van der Waals surface area contributed by atoms with E-state index in [1.54, 1.807) is 12.1 Å². The van der Waals surface area contributed by atoms with Crippen LogP contribution in [0.4, 0.5) is 8.78 Å². The van der Waals surface area contributed by atoms with Crippen LogP contribution in [0.5, 0.6) is 0 Å². The average Bonchev–Trinajstić information content (AvgIpc) is 2.68. The maximum absolute atomic E-state index is 13.8. The first-order valence-electron chi connectivity index (χ1n) is 6.12. The third-order valence-electron chi connectivity index (χ3n) is 3.73. The van der Waals surface area contributed by atoms with Gasteiger partial charge in [0, 0.05) is 11.3 Å². The molecule has 96 valence electrons. The lowest BCUT2D eigenvalue weighted by Gasteiger charge is -2.00. The molecule has 1 fully saturated rings. The normalized spacial score (nSPS) is 25.6. The molecule has 4 heteroatoms. The van der Waals surface area contributed by atoms with E-state index < -0.39 is 17.8 Å². The summed E-state index contributed by atoms with van der Waals surface area (Å²) in [6.07, 6.45) is 0.366. The number of aryl methyl sites for hydroxylation is 1. The van der Waals surface area contributed by atoms with E-state index in [1.165, 1.54) is 0 Å². The maximum atomic E-state index is 13.8. The SMILES string of the molecule is Cc1cc2c(C3C(CCN)C3(F)F)cccc2o1. The van der Waals surface area contributed by atoms with Crippen LogP contribution in [0.2, 0.25) is 0 Å². The van der Waals surface area contributed by atoms with Crippen LogP contribution >= 0.6 is 0 Å². The van der Waals surface area contributed by atoms with Gasteiger partial charge in [-0.1, -0.05) is 12.1 Å². The summed E-state index contributed by atoms with van der Waals surface area (Å²) in [5, 5.41) is 0.805. The second-order valence-electron chi connectivity index (χ2n) is 4.95. The van der Waals surface area contributed by atoms with Crippen LogP contribution in [0.3, 0.4) is 0 Å². The molecule has 2 N–H and O–H groups in total. The lowest BCUT2D eigenvalue weighted by molar-refractivity contribution is 0.0922. The molecule has 0 spiro atoms. The molecule has 1 aromatic carbocycles. The molecule has 0 bridgehead atoms. The molecule has 1 heterocycles. The van der Waals surface area contributed by atoms with Gasteiger partial charge in [-0.3, -0.25) is 0 Å². The molecule has 3 rings (SSSR count). The first-order valence-corrected chi connectivity index (χ1v) is 6.12. The molecule has 18 heavy (non-hydrogen) atoms. The van der Waals surface area contributed by atoms with Gasteiger partial charge < -0.3 is 10.2 Å². The molecule has 2 aromatic rings. The number of alkyl halides is 2. The first kappa shape index (κ1) is 11.7. The quantitative estimate of drug-likeness (QED) is 0.907. The van der Waals surface area contributed by atoms with Crippen LogP contribution in [-0.2, 0) is 0 Å². The van der Waals surface area contributed by atoms with Crippen LogP contribution in [0, 0.1) is 12.8 Å². The molecular weight excluding hydrogens is 236 g/mol. The first-order chi connectivity index (χ1) is 8.55. The Morgan fingerprint density at radius 2 is 2.17 bits per heavy atom. The van der Waals surface area contributed by atoms with E-state index >= 15 is 0 Å². The molecule has 0 amide bonds. The fourth-order valence-corrected chi connectivity index (χ4v) is 2.83. The van der Waals surface area contributed by atoms with E-state index in [0.717, 1.165) is 11.1 Å². The summed E-state index contributed by atoms with van der Waals surface area (Å²) < 4.78 is 33.0. The third kappa shape index (κ3) is 1.56. The van der Waals surface area contributed by atoms with Crippen molar-refractivity contribution in [3.8, 4) is 0 Å². The molecular formula is C14H15F2NO. The van der Waals surface area contributed by atoms with Gasteiger partial charge in [-0.2, -0.15) is 0 Å². The van der Waals surface area contributed by atoms with Crippen molar-refractivity contribution in [2.45, 2.75) is 25.2 Å². The summed E-state index contributed by atoms with van der Waals surface area (Å²) in [6, 6.07) is 7.18. The van der Waals surface area contributed by atoms with E-state index in [4.69, 9.17) is 10.2 Å². The van der Waals surface area contributed by atoms with Gasteiger partial charge in [0.1, 0.15) is 11.3 Å². The Kier molecular flexibility index (Phi) is 2.45. The Morgan fingerprint density at radius 3 is 2.89 bits per heavy atom. The molecule has 0 saturated heterocycles. The second-order valence-corrected chi connectivity index (χ2v) is 4.95. The maximum Gasteiger partial charge on any atom is 0.259 e. The van der Waals surface area contributed by atoms with Crippen molar-refractivity contribution in [3.63, 3.8) is 0 Å². The zero-order valence-electron chi connectivity index (χ0n) is 10.1. The van der Waals surface area contributed by atoms with Crippen LogP contribution < -0.4 is 5.73 Å². The van der Waals surface area contributed by atoms with Crippen molar-refractivity contribution in [2.24, 2.45) is 11.7 Å². The van der Waals surface area contributed by atoms with Crippen LogP contribution in [0.25, 0.3) is 11.0 Å². The van der Waals surface area contributed by atoms with Gasteiger partial charge in [-0.15, -0.1) is 0 Å². The average molecular weight is 251 g/mol. The van der Waals surface area contributed by atoms with Crippen molar-refractivity contribution >= 4 is 11.0 Å². The highest BCUT2D eigenvalue weighted by Crippen LogP contribution is 2.63. The number of benzene rings is 1. The van der Waals surface area contributed by atoms with Crippen molar-refractivity contribution in [1.82, 2.24) is 0 Å². The highest BCUT2D eigenvalue weighted by Gasteiger charge is 2.68. The van der Waals surface area contributed by atoms with Crippen LogP contribution in [-0.4, -0.2) is 12.5 Å². The summed E-state index contributed by atoms with van der Waals surface area (Å²) >= 11 is 0. The minimum Gasteiger partial charge on any atom is -0.461 e. The standard InChI is InChI=1S/C14H15F2NO/c1-8-7-10-9(3-2-4-12(10)18-8)13-11(5-6-17)14(13,15)16/h2-4,7,11,13H,5-6,17H2,1H3. The summed E-state index contributed by atoms with van der Waals surface area (Å²) in [5.41, 5.74) is 6.76. The Labute approximate surface area is 104 Å². The smallest absolute Gasteiger partial charge is 0.259 e. The molecule has 2 unspecified atom stereocenters. The van der Waals surface area contributed by atoms with Crippen molar-refractivity contribution < 1.29 is 13.2 Å². The van der Waals surface area contributed by atoms with Gasteiger partial charge >= 0.3 is 0 Å². The zero-order valence-corrected chi connectivity index (χ0v) is 10.1. The topological polar surface area (TPSA) is 39.2 Å². The van der Waals surface area contributed by atoms with Crippen molar-refractivity contribution in [1.29, 1.82) is 0 Å². The predicted molar refractivity (Wildman–Crippen MR) is 65.8 cm³/mol. The molecule has 1 aliphatic carbocycles. The summed E-state index contributed by atoms with van der Waals surface area (Å²) in [4.78, 5) is 0.